The van der Waals surface area contributed by atoms with Gasteiger partial charge in [0.25, 0.3) is 0 Å². The van der Waals surface area contributed by atoms with Gasteiger partial charge in [-0.1, -0.05) is 36.5 Å². The van der Waals surface area contributed by atoms with Gasteiger partial charge in [0.15, 0.2) is 5.78 Å². The fourth-order valence-corrected chi connectivity index (χ4v) is 3.17. The molecule has 1 nitrogen and oxygen atoms in total. The molecule has 0 bridgehead atoms. The molecule has 2 rings (SSSR count). The van der Waals surface area contributed by atoms with Crippen molar-refractivity contribution >= 4 is 17.5 Å². The molecule has 78 valence electrons. The second-order valence-corrected chi connectivity index (χ2v) is 4.95. The number of Topliss-reactive ketones (excluding diaryl/α,β-unsaturated/α-hetero) is 1. The van der Waals surface area contributed by atoms with Crippen molar-refractivity contribution in [2.24, 2.45) is 5.92 Å². The molecule has 0 aromatic heterocycles. The van der Waals surface area contributed by atoms with Crippen LogP contribution in [-0.4, -0.2) is 11.0 Å². The quantitative estimate of drug-likeness (QED) is 0.672. The first kappa shape index (κ1) is 10.5. The van der Waals surface area contributed by atoms with Crippen LogP contribution in [0.4, 0.5) is 0 Å². The standard InChI is InChI=1S/C13H14OS/c1-3-6-11-9(2)13(14)10-7-4-5-8-12(10)15-11/h3-8,10,12H,1-2H3/b6-3-. The maximum absolute atomic E-state index is 12.1. The molecule has 0 aromatic rings. The molecule has 2 atom stereocenters. The van der Waals surface area contributed by atoms with Gasteiger partial charge in [-0.15, -0.1) is 11.8 Å². The van der Waals surface area contributed by atoms with Crippen molar-refractivity contribution in [3.8, 4) is 0 Å². The van der Waals surface area contributed by atoms with E-state index in [2.05, 4.69) is 6.08 Å². The van der Waals surface area contributed by atoms with Gasteiger partial charge in [0.1, 0.15) is 0 Å². The lowest BCUT2D eigenvalue weighted by Gasteiger charge is -2.28. The number of hydrogen-bond acceptors (Lipinski definition) is 2. The minimum atomic E-state index is 0.0500. The lowest BCUT2D eigenvalue weighted by molar-refractivity contribution is -0.117. The molecular formula is C13H14OS. The molecule has 2 aliphatic rings. The first-order valence-corrected chi connectivity index (χ1v) is 6.01. The molecule has 0 spiro atoms. The van der Waals surface area contributed by atoms with Crippen LogP contribution in [0.3, 0.4) is 0 Å². The summed E-state index contributed by atoms with van der Waals surface area (Å²) in [5.41, 5.74) is 0.902. The molecule has 15 heavy (non-hydrogen) atoms. The Bertz CT molecular complexity index is 399. The molecule has 0 radical (unpaired) electrons. The van der Waals surface area contributed by atoms with Crippen LogP contribution >= 0.6 is 11.8 Å². The second kappa shape index (κ2) is 4.23. The van der Waals surface area contributed by atoms with Gasteiger partial charge in [-0.3, -0.25) is 4.79 Å². The Hall–Kier alpha value is -1.02. The van der Waals surface area contributed by atoms with Crippen LogP contribution in [-0.2, 0) is 4.79 Å². The average molecular weight is 218 g/mol. The zero-order valence-electron chi connectivity index (χ0n) is 8.94. The van der Waals surface area contributed by atoms with Crippen LogP contribution < -0.4 is 0 Å². The van der Waals surface area contributed by atoms with Crippen molar-refractivity contribution < 1.29 is 4.79 Å². The van der Waals surface area contributed by atoms with Crippen molar-refractivity contribution in [1.82, 2.24) is 0 Å². The zero-order valence-corrected chi connectivity index (χ0v) is 9.75. The van der Waals surface area contributed by atoms with E-state index in [1.807, 2.05) is 44.2 Å². The topological polar surface area (TPSA) is 17.1 Å². The fourth-order valence-electron chi connectivity index (χ4n) is 1.86. The Labute approximate surface area is 94.6 Å². The first-order chi connectivity index (χ1) is 7.24. The van der Waals surface area contributed by atoms with Gasteiger partial charge in [-0.25, -0.2) is 0 Å². The number of hydrogen-bond donors (Lipinski definition) is 0. The minimum Gasteiger partial charge on any atom is -0.294 e. The summed E-state index contributed by atoms with van der Waals surface area (Å²) in [6, 6.07) is 0. The monoisotopic (exact) mass is 218 g/mol. The molecular weight excluding hydrogens is 204 g/mol. The van der Waals surface area contributed by atoms with E-state index in [4.69, 9.17) is 0 Å². The lowest BCUT2D eigenvalue weighted by Crippen LogP contribution is -2.29. The molecule has 1 aliphatic heterocycles. The Balaban J connectivity index is 2.37. The summed E-state index contributed by atoms with van der Waals surface area (Å²) in [4.78, 5) is 13.2. The highest BCUT2D eigenvalue weighted by Crippen LogP contribution is 2.40. The van der Waals surface area contributed by atoms with Gasteiger partial charge in [0.05, 0.1) is 5.92 Å². The number of carbonyl (C=O) groups excluding carboxylic acids is 1. The van der Waals surface area contributed by atoms with Crippen LogP contribution in [0, 0.1) is 5.92 Å². The minimum absolute atomic E-state index is 0.0500. The maximum atomic E-state index is 12.1. The number of allylic oxidation sites excluding steroid dienone is 6. The number of thioether (sulfide) groups is 1. The highest BCUT2D eigenvalue weighted by atomic mass is 32.2. The van der Waals surface area contributed by atoms with Gasteiger partial charge in [0.2, 0.25) is 0 Å². The average Bonchev–Trinajstić information content (AvgIpc) is 2.26. The third kappa shape index (κ3) is 1.86. The van der Waals surface area contributed by atoms with E-state index in [-0.39, 0.29) is 17.0 Å². The van der Waals surface area contributed by atoms with Crippen molar-refractivity contribution in [2.75, 3.05) is 0 Å². The lowest BCUT2D eigenvalue weighted by atomic mass is 9.91. The van der Waals surface area contributed by atoms with E-state index >= 15 is 0 Å². The molecule has 0 fully saturated rings. The molecule has 1 aliphatic carbocycles. The first-order valence-electron chi connectivity index (χ1n) is 5.13. The molecule has 0 saturated heterocycles. The van der Waals surface area contributed by atoms with E-state index < -0.39 is 0 Å². The summed E-state index contributed by atoms with van der Waals surface area (Å²) in [5.74, 6) is 0.321. The van der Waals surface area contributed by atoms with Crippen molar-refractivity contribution in [1.29, 1.82) is 0 Å². The van der Waals surface area contributed by atoms with Crippen LogP contribution in [0.5, 0.6) is 0 Å². The molecule has 2 unspecified atom stereocenters. The number of rotatable bonds is 1. The van der Waals surface area contributed by atoms with Gasteiger partial charge in [0, 0.05) is 15.7 Å². The van der Waals surface area contributed by atoms with Gasteiger partial charge >= 0.3 is 0 Å². The van der Waals surface area contributed by atoms with E-state index in [0.29, 0.717) is 0 Å². The van der Waals surface area contributed by atoms with Gasteiger partial charge < -0.3 is 0 Å². The summed E-state index contributed by atoms with van der Waals surface area (Å²) in [6.45, 7) is 3.90. The van der Waals surface area contributed by atoms with Gasteiger partial charge in [-0.2, -0.15) is 0 Å². The summed E-state index contributed by atoms with van der Waals surface area (Å²) in [5, 5.41) is 0.289. The maximum Gasteiger partial charge on any atom is 0.167 e. The SMILES string of the molecule is C/C=C\C1=C(C)C(=O)C2C=CC=CC2S1. The largest absolute Gasteiger partial charge is 0.294 e. The van der Waals surface area contributed by atoms with Crippen LogP contribution in [0.1, 0.15) is 13.8 Å². The Kier molecular flexibility index (Phi) is 2.96. The van der Waals surface area contributed by atoms with E-state index in [9.17, 15) is 4.79 Å². The summed E-state index contributed by atoms with van der Waals surface area (Å²) < 4.78 is 0. The van der Waals surface area contributed by atoms with Crippen molar-refractivity contribution in [3.63, 3.8) is 0 Å². The van der Waals surface area contributed by atoms with E-state index in [0.717, 1.165) is 10.5 Å². The zero-order chi connectivity index (χ0) is 10.8. The molecule has 0 amide bonds. The highest BCUT2D eigenvalue weighted by molar-refractivity contribution is 8.04. The highest BCUT2D eigenvalue weighted by Gasteiger charge is 2.32. The smallest absolute Gasteiger partial charge is 0.167 e. The second-order valence-electron chi connectivity index (χ2n) is 3.73. The molecule has 0 saturated carbocycles. The van der Waals surface area contributed by atoms with Crippen molar-refractivity contribution in [3.05, 3.63) is 46.9 Å². The predicted octanol–water partition coefficient (Wildman–Crippen LogP) is 3.26. The fraction of sp³-hybridized carbons (Fsp3) is 0.308. The number of fused-ring (bicyclic) bond motifs is 1. The molecule has 1 heterocycles. The Morgan fingerprint density at radius 3 is 2.80 bits per heavy atom. The van der Waals surface area contributed by atoms with Crippen molar-refractivity contribution in [2.45, 2.75) is 19.1 Å². The third-order valence-electron chi connectivity index (χ3n) is 2.71. The molecule has 2 heteroatoms. The van der Waals surface area contributed by atoms with Crippen LogP contribution in [0.25, 0.3) is 0 Å². The third-order valence-corrected chi connectivity index (χ3v) is 4.13. The van der Waals surface area contributed by atoms with Crippen LogP contribution in [0.15, 0.2) is 46.9 Å². The number of carbonyl (C=O) groups is 1. The van der Waals surface area contributed by atoms with Crippen LogP contribution in [0.2, 0.25) is 0 Å². The Morgan fingerprint density at radius 2 is 2.07 bits per heavy atom. The predicted molar refractivity (Wildman–Crippen MR) is 65.7 cm³/mol. The molecule has 0 aromatic carbocycles. The van der Waals surface area contributed by atoms with E-state index in [1.165, 1.54) is 0 Å². The normalized spacial score (nSPS) is 30.1. The van der Waals surface area contributed by atoms with Gasteiger partial charge in [-0.05, 0) is 13.8 Å². The summed E-state index contributed by atoms with van der Waals surface area (Å²) in [7, 11) is 0. The summed E-state index contributed by atoms with van der Waals surface area (Å²) in [6.07, 6.45) is 12.1. The molecule has 0 N–H and O–H groups in total. The number of ketones is 1. The Morgan fingerprint density at radius 1 is 1.33 bits per heavy atom. The van der Waals surface area contributed by atoms with E-state index in [1.54, 1.807) is 11.8 Å². The summed E-state index contributed by atoms with van der Waals surface area (Å²) >= 11 is 1.79.